The molecule has 9 heteroatoms. The Bertz CT molecular complexity index is 1000. The average Bonchev–Trinajstić information content (AvgIpc) is 3.34. The lowest BCUT2D eigenvalue weighted by Gasteiger charge is -2.18. The number of hydrogen-bond donors (Lipinski definition) is 1. The Hall–Kier alpha value is -2.29. The Kier molecular flexibility index (Phi) is 8.17. The predicted octanol–water partition coefficient (Wildman–Crippen LogP) is 5.05. The number of amides is 2. The molecule has 0 bridgehead atoms. The third-order valence-corrected chi connectivity index (χ3v) is 6.47. The molecule has 0 spiro atoms. The SMILES string of the molecule is COc1ccc(N2C(=O)C(=Cc3cccs3)N=C2SCC(=O)NCCC(C)C)cc1Cl. The molecule has 0 saturated carbocycles. The van der Waals surface area contributed by atoms with Crippen molar-refractivity contribution in [3.8, 4) is 5.75 Å². The number of thiophene rings is 1. The topological polar surface area (TPSA) is 71.0 Å². The van der Waals surface area contributed by atoms with Crippen molar-refractivity contribution in [2.75, 3.05) is 24.3 Å². The Balaban J connectivity index is 1.81. The number of anilines is 1. The maximum Gasteiger partial charge on any atom is 0.283 e. The van der Waals surface area contributed by atoms with E-state index >= 15 is 0 Å². The lowest BCUT2D eigenvalue weighted by molar-refractivity contribution is -0.118. The summed E-state index contributed by atoms with van der Waals surface area (Å²) in [5, 5.41) is 5.67. The van der Waals surface area contributed by atoms with Crippen LogP contribution < -0.4 is 15.0 Å². The monoisotopic (exact) mass is 477 g/mol. The molecule has 2 amide bonds. The van der Waals surface area contributed by atoms with Crippen LogP contribution in [0.25, 0.3) is 6.08 Å². The molecule has 1 aliphatic rings. The molecular weight excluding hydrogens is 454 g/mol. The second kappa shape index (κ2) is 10.8. The van der Waals surface area contributed by atoms with Gasteiger partial charge < -0.3 is 10.1 Å². The summed E-state index contributed by atoms with van der Waals surface area (Å²) in [6.45, 7) is 4.85. The van der Waals surface area contributed by atoms with E-state index in [0.717, 1.165) is 11.3 Å². The van der Waals surface area contributed by atoms with Gasteiger partial charge in [0.1, 0.15) is 11.4 Å². The molecule has 31 heavy (non-hydrogen) atoms. The highest BCUT2D eigenvalue weighted by molar-refractivity contribution is 8.14. The largest absolute Gasteiger partial charge is 0.495 e. The number of amidine groups is 1. The first-order valence-electron chi connectivity index (χ1n) is 9.80. The third-order valence-electron chi connectivity index (χ3n) is 4.42. The van der Waals surface area contributed by atoms with Crippen molar-refractivity contribution in [2.24, 2.45) is 10.9 Å². The summed E-state index contributed by atoms with van der Waals surface area (Å²) in [5.41, 5.74) is 0.883. The first kappa shape index (κ1) is 23.4. The summed E-state index contributed by atoms with van der Waals surface area (Å²) >= 11 is 9.02. The predicted molar refractivity (Wildman–Crippen MR) is 130 cm³/mol. The van der Waals surface area contributed by atoms with Gasteiger partial charge in [-0.25, -0.2) is 4.99 Å². The van der Waals surface area contributed by atoms with Crippen molar-refractivity contribution in [1.29, 1.82) is 0 Å². The van der Waals surface area contributed by atoms with E-state index in [0.29, 0.717) is 39.8 Å². The molecule has 0 fully saturated rings. The Morgan fingerprint density at radius 2 is 2.19 bits per heavy atom. The van der Waals surface area contributed by atoms with Crippen LogP contribution >= 0.6 is 34.7 Å². The molecule has 0 saturated heterocycles. The van der Waals surface area contributed by atoms with Gasteiger partial charge in [0.25, 0.3) is 5.91 Å². The van der Waals surface area contributed by atoms with E-state index in [9.17, 15) is 9.59 Å². The number of methoxy groups -OCH3 is 1. The molecule has 0 aliphatic carbocycles. The maximum absolute atomic E-state index is 13.2. The highest BCUT2D eigenvalue weighted by Crippen LogP contribution is 2.34. The van der Waals surface area contributed by atoms with Gasteiger partial charge in [0.15, 0.2) is 5.17 Å². The molecule has 3 rings (SSSR count). The van der Waals surface area contributed by atoms with Crippen LogP contribution in [0.3, 0.4) is 0 Å². The molecule has 1 aromatic carbocycles. The van der Waals surface area contributed by atoms with E-state index in [4.69, 9.17) is 16.3 Å². The molecule has 0 atom stereocenters. The summed E-state index contributed by atoms with van der Waals surface area (Å²) in [6.07, 6.45) is 2.67. The molecule has 2 aromatic rings. The fraction of sp³-hybridized carbons (Fsp3) is 0.318. The molecule has 0 radical (unpaired) electrons. The van der Waals surface area contributed by atoms with Crippen molar-refractivity contribution in [3.05, 3.63) is 51.3 Å². The molecule has 1 N–H and O–H groups in total. The average molecular weight is 478 g/mol. The lowest BCUT2D eigenvalue weighted by atomic mass is 10.1. The van der Waals surface area contributed by atoms with E-state index in [1.807, 2.05) is 17.5 Å². The van der Waals surface area contributed by atoms with Crippen LogP contribution in [0.4, 0.5) is 5.69 Å². The van der Waals surface area contributed by atoms with Crippen LogP contribution in [-0.2, 0) is 9.59 Å². The van der Waals surface area contributed by atoms with Crippen molar-refractivity contribution in [2.45, 2.75) is 20.3 Å². The minimum atomic E-state index is -0.266. The number of hydrogen-bond acceptors (Lipinski definition) is 6. The number of thioether (sulfide) groups is 1. The van der Waals surface area contributed by atoms with Gasteiger partial charge in [-0.2, -0.15) is 0 Å². The first-order valence-corrected chi connectivity index (χ1v) is 12.0. The van der Waals surface area contributed by atoms with Crippen molar-refractivity contribution < 1.29 is 14.3 Å². The first-order chi connectivity index (χ1) is 14.9. The van der Waals surface area contributed by atoms with Crippen molar-refractivity contribution in [1.82, 2.24) is 5.32 Å². The van der Waals surface area contributed by atoms with Crippen LogP contribution in [0.1, 0.15) is 25.1 Å². The number of carbonyl (C=O) groups is 2. The highest BCUT2D eigenvalue weighted by atomic mass is 35.5. The summed E-state index contributed by atoms with van der Waals surface area (Å²) < 4.78 is 5.21. The minimum absolute atomic E-state index is 0.0933. The fourth-order valence-electron chi connectivity index (χ4n) is 2.80. The summed E-state index contributed by atoms with van der Waals surface area (Å²) in [4.78, 5) is 32.3. The van der Waals surface area contributed by atoms with E-state index in [2.05, 4.69) is 24.2 Å². The van der Waals surface area contributed by atoms with Gasteiger partial charge in [-0.15, -0.1) is 11.3 Å². The zero-order valence-corrected chi connectivity index (χ0v) is 19.9. The van der Waals surface area contributed by atoms with Crippen LogP contribution in [0.15, 0.2) is 46.4 Å². The number of nitrogens with one attached hydrogen (secondary N) is 1. The summed E-state index contributed by atoms with van der Waals surface area (Å²) in [7, 11) is 1.53. The normalized spacial score (nSPS) is 15.0. The number of aliphatic imine (C=N–C) groups is 1. The van der Waals surface area contributed by atoms with Crippen LogP contribution in [-0.4, -0.2) is 36.4 Å². The van der Waals surface area contributed by atoms with Crippen molar-refractivity contribution in [3.63, 3.8) is 0 Å². The molecule has 1 aromatic heterocycles. The number of carbonyl (C=O) groups excluding carboxylic acids is 2. The van der Waals surface area contributed by atoms with Gasteiger partial charge in [-0.1, -0.05) is 43.3 Å². The quantitative estimate of drug-likeness (QED) is 0.540. The number of nitrogens with zero attached hydrogens (tertiary/aromatic N) is 2. The van der Waals surface area contributed by atoms with Gasteiger partial charge in [-0.05, 0) is 48.1 Å². The van der Waals surface area contributed by atoms with Crippen LogP contribution in [0.2, 0.25) is 5.02 Å². The third kappa shape index (κ3) is 6.12. The Labute approximate surface area is 195 Å². The summed E-state index contributed by atoms with van der Waals surface area (Å²) in [5.74, 6) is 0.838. The molecule has 6 nitrogen and oxygen atoms in total. The Morgan fingerprint density at radius 1 is 1.39 bits per heavy atom. The number of halogens is 1. The van der Waals surface area contributed by atoms with E-state index in [1.54, 1.807) is 24.3 Å². The zero-order chi connectivity index (χ0) is 22.4. The fourth-order valence-corrected chi connectivity index (χ4v) is 4.55. The highest BCUT2D eigenvalue weighted by Gasteiger charge is 2.32. The van der Waals surface area contributed by atoms with E-state index < -0.39 is 0 Å². The second-order valence-corrected chi connectivity index (χ2v) is 9.55. The second-order valence-electron chi connectivity index (χ2n) is 7.22. The van der Waals surface area contributed by atoms with Gasteiger partial charge in [-0.3, -0.25) is 14.5 Å². The molecule has 164 valence electrons. The number of benzene rings is 1. The number of rotatable bonds is 8. The lowest BCUT2D eigenvalue weighted by Crippen LogP contribution is -2.32. The maximum atomic E-state index is 13.2. The standard InChI is InChI=1S/C22H24ClN3O3S2/c1-14(2)8-9-24-20(27)13-31-22-25-18(12-16-5-4-10-30-16)21(28)26(22)15-6-7-19(29-3)17(23)11-15/h4-7,10-12,14H,8-9,13H2,1-3H3,(H,24,27). The van der Waals surface area contributed by atoms with Crippen LogP contribution in [0, 0.1) is 5.92 Å². The van der Waals surface area contributed by atoms with Gasteiger partial charge >= 0.3 is 0 Å². The summed E-state index contributed by atoms with van der Waals surface area (Å²) in [6, 6.07) is 8.94. The minimum Gasteiger partial charge on any atom is -0.495 e. The Morgan fingerprint density at radius 3 is 2.84 bits per heavy atom. The van der Waals surface area contributed by atoms with Gasteiger partial charge in [0.05, 0.1) is 23.6 Å². The van der Waals surface area contributed by atoms with Crippen molar-refractivity contribution >= 4 is 63.4 Å². The van der Waals surface area contributed by atoms with E-state index in [-0.39, 0.29) is 17.6 Å². The molecule has 2 heterocycles. The molecule has 0 unspecified atom stereocenters. The molecule has 1 aliphatic heterocycles. The van der Waals surface area contributed by atoms with Crippen LogP contribution in [0.5, 0.6) is 5.75 Å². The smallest absolute Gasteiger partial charge is 0.283 e. The van der Waals surface area contributed by atoms with E-state index in [1.165, 1.54) is 35.1 Å². The number of ether oxygens (including phenoxy) is 1. The zero-order valence-electron chi connectivity index (χ0n) is 17.6. The van der Waals surface area contributed by atoms with Gasteiger partial charge in [0, 0.05) is 11.4 Å². The van der Waals surface area contributed by atoms with Gasteiger partial charge in [0.2, 0.25) is 5.91 Å². The molecular formula is C22H24ClN3O3S2.